The van der Waals surface area contributed by atoms with E-state index in [9.17, 15) is 9.90 Å². The zero-order valence-corrected chi connectivity index (χ0v) is 13.9. The third-order valence-corrected chi connectivity index (χ3v) is 4.23. The summed E-state index contributed by atoms with van der Waals surface area (Å²) in [5.74, 6) is -0.878. The van der Waals surface area contributed by atoms with Crippen LogP contribution in [-0.4, -0.2) is 26.1 Å². The number of carboxylic acids is 1. The highest BCUT2D eigenvalue weighted by molar-refractivity contribution is 6.31. The molecule has 0 aliphatic rings. The third kappa shape index (κ3) is 3.55. The molecule has 0 saturated carbocycles. The van der Waals surface area contributed by atoms with Crippen LogP contribution < -0.4 is 5.32 Å². The van der Waals surface area contributed by atoms with Crippen molar-refractivity contribution < 1.29 is 9.90 Å². The molecule has 1 heterocycles. The number of hydrogen-bond acceptors (Lipinski definition) is 4. The van der Waals surface area contributed by atoms with Crippen molar-refractivity contribution in [2.75, 3.05) is 0 Å². The number of carbonyl (C=O) groups is 1. The fourth-order valence-corrected chi connectivity index (χ4v) is 2.93. The Kier molecular flexibility index (Phi) is 4.78. The van der Waals surface area contributed by atoms with Crippen LogP contribution in [0.2, 0.25) is 5.02 Å². The molecule has 6 nitrogen and oxygen atoms in total. The molecule has 24 heavy (non-hydrogen) atoms. The fraction of sp³-hybridized carbons (Fsp3) is 0.235. The van der Waals surface area contributed by atoms with E-state index in [1.165, 1.54) is 0 Å². The maximum atomic E-state index is 11.2. The zero-order chi connectivity index (χ0) is 17.1. The molecule has 1 unspecified atom stereocenters. The largest absolute Gasteiger partial charge is 0.481 e. The van der Waals surface area contributed by atoms with E-state index in [1.807, 2.05) is 43.4 Å². The van der Waals surface area contributed by atoms with Gasteiger partial charge in [0, 0.05) is 24.7 Å². The summed E-state index contributed by atoms with van der Waals surface area (Å²) >= 11 is 6.21. The Morgan fingerprint density at radius 2 is 2.12 bits per heavy atom. The van der Waals surface area contributed by atoms with Crippen molar-refractivity contribution in [3.63, 3.8) is 0 Å². The quantitative estimate of drug-likeness (QED) is 0.718. The first-order valence-electron chi connectivity index (χ1n) is 7.52. The lowest BCUT2D eigenvalue weighted by molar-refractivity contribution is -0.137. The van der Waals surface area contributed by atoms with Crippen molar-refractivity contribution in [3.8, 4) is 0 Å². The van der Waals surface area contributed by atoms with Crippen LogP contribution >= 0.6 is 11.6 Å². The number of fused-ring (bicyclic) bond motifs is 1. The molecule has 1 aromatic heterocycles. The normalized spacial score (nSPS) is 12.4. The van der Waals surface area contributed by atoms with Crippen LogP contribution in [0, 0.1) is 0 Å². The Hall–Kier alpha value is -2.44. The Morgan fingerprint density at radius 3 is 2.88 bits per heavy atom. The van der Waals surface area contributed by atoms with Crippen molar-refractivity contribution in [2.24, 2.45) is 7.05 Å². The summed E-state index contributed by atoms with van der Waals surface area (Å²) in [5.41, 5.74) is 3.55. The number of aliphatic carboxylic acids is 1. The second kappa shape index (κ2) is 6.98. The summed E-state index contributed by atoms with van der Waals surface area (Å²) in [4.78, 5) is 11.2. The van der Waals surface area contributed by atoms with Gasteiger partial charge in [-0.15, -0.1) is 5.10 Å². The summed E-state index contributed by atoms with van der Waals surface area (Å²) in [6.45, 7) is 0.510. The fourth-order valence-electron chi connectivity index (χ4n) is 2.66. The minimum absolute atomic E-state index is 0.0445. The maximum Gasteiger partial charge on any atom is 0.305 e. The number of nitrogens with one attached hydrogen (secondary N) is 1. The third-order valence-electron chi connectivity index (χ3n) is 3.89. The second-order valence-electron chi connectivity index (χ2n) is 5.59. The zero-order valence-electron chi connectivity index (χ0n) is 13.1. The van der Waals surface area contributed by atoms with Crippen LogP contribution in [0.5, 0.6) is 0 Å². The lowest BCUT2D eigenvalue weighted by Gasteiger charge is -2.18. The SMILES string of the molecule is Cn1nnc2cc(CNC(CC(=O)O)c3ccccc3Cl)ccc21. The molecule has 0 bridgehead atoms. The summed E-state index contributed by atoms with van der Waals surface area (Å²) in [5, 5.41) is 21.1. The van der Waals surface area contributed by atoms with Gasteiger partial charge in [0.1, 0.15) is 5.52 Å². The predicted molar refractivity (Wildman–Crippen MR) is 91.8 cm³/mol. The number of carboxylic acid groups (broad SMARTS) is 1. The molecule has 3 aromatic rings. The second-order valence-corrected chi connectivity index (χ2v) is 6.00. The molecule has 0 aliphatic carbocycles. The minimum Gasteiger partial charge on any atom is -0.481 e. The van der Waals surface area contributed by atoms with Crippen molar-refractivity contribution in [2.45, 2.75) is 19.0 Å². The Morgan fingerprint density at radius 1 is 1.33 bits per heavy atom. The van der Waals surface area contributed by atoms with Gasteiger partial charge in [-0.2, -0.15) is 0 Å². The van der Waals surface area contributed by atoms with Gasteiger partial charge in [0.25, 0.3) is 0 Å². The standard InChI is InChI=1S/C17H17ClN4O2/c1-22-16-7-6-11(8-15(16)20-21-22)10-19-14(9-17(23)24)12-4-2-3-5-13(12)18/h2-8,14,19H,9-10H2,1H3,(H,23,24). The van der Waals surface area contributed by atoms with E-state index in [2.05, 4.69) is 15.6 Å². The van der Waals surface area contributed by atoms with E-state index in [0.717, 1.165) is 22.2 Å². The van der Waals surface area contributed by atoms with Crippen LogP contribution in [0.25, 0.3) is 11.0 Å². The number of aromatic nitrogens is 3. The molecule has 0 aliphatic heterocycles. The summed E-state index contributed by atoms with van der Waals surface area (Å²) in [6, 6.07) is 12.8. The predicted octanol–water partition coefficient (Wildman–Crippen LogP) is 2.93. The molecule has 0 amide bonds. The highest BCUT2D eigenvalue weighted by atomic mass is 35.5. The van der Waals surface area contributed by atoms with E-state index >= 15 is 0 Å². The summed E-state index contributed by atoms with van der Waals surface area (Å²) < 4.78 is 1.71. The first-order chi connectivity index (χ1) is 11.5. The van der Waals surface area contributed by atoms with Gasteiger partial charge in [0.15, 0.2) is 0 Å². The highest BCUT2D eigenvalue weighted by Gasteiger charge is 2.17. The van der Waals surface area contributed by atoms with Gasteiger partial charge in [-0.3, -0.25) is 4.79 Å². The van der Waals surface area contributed by atoms with Crippen LogP contribution in [0.1, 0.15) is 23.6 Å². The summed E-state index contributed by atoms with van der Waals surface area (Å²) in [7, 11) is 1.84. The van der Waals surface area contributed by atoms with Crippen molar-refractivity contribution in [1.29, 1.82) is 0 Å². The first kappa shape index (κ1) is 16.4. The topological polar surface area (TPSA) is 80.0 Å². The van der Waals surface area contributed by atoms with Gasteiger partial charge in [-0.25, -0.2) is 4.68 Å². The van der Waals surface area contributed by atoms with Gasteiger partial charge in [0.2, 0.25) is 0 Å². The van der Waals surface area contributed by atoms with Gasteiger partial charge in [-0.05, 0) is 29.3 Å². The van der Waals surface area contributed by atoms with Crippen LogP contribution in [-0.2, 0) is 18.4 Å². The highest BCUT2D eigenvalue weighted by Crippen LogP contribution is 2.25. The minimum atomic E-state index is -0.878. The van der Waals surface area contributed by atoms with Crippen LogP contribution in [0.4, 0.5) is 0 Å². The van der Waals surface area contributed by atoms with E-state index < -0.39 is 5.97 Å². The summed E-state index contributed by atoms with van der Waals surface area (Å²) in [6.07, 6.45) is -0.0445. The maximum absolute atomic E-state index is 11.2. The molecular formula is C17H17ClN4O2. The van der Waals surface area contributed by atoms with Gasteiger partial charge < -0.3 is 10.4 Å². The van der Waals surface area contributed by atoms with E-state index in [1.54, 1.807) is 10.7 Å². The molecule has 7 heteroatoms. The van der Waals surface area contributed by atoms with E-state index in [4.69, 9.17) is 11.6 Å². The molecule has 0 spiro atoms. The number of aryl methyl sites for hydroxylation is 1. The molecule has 0 radical (unpaired) electrons. The van der Waals surface area contributed by atoms with Gasteiger partial charge >= 0.3 is 5.97 Å². The van der Waals surface area contributed by atoms with Crippen LogP contribution in [0.3, 0.4) is 0 Å². The van der Waals surface area contributed by atoms with Gasteiger partial charge in [-0.1, -0.05) is 41.1 Å². The van der Waals surface area contributed by atoms with Crippen molar-refractivity contribution in [1.82, 2.24) is 20.3 Å². The molecule has 3 rings (SSSR count). The molecule has 0 fully saturated rings. The molecule has 124 valence electrons. The first-order valence-corrected chi connectivity index (χ1v) is 7.90. The average molecular weight is 345 g/mol. The van der Waals surface area contributed by atoms with Crippen molar-refractivity contribution >= 4 is 28.6 Å². The number of benzene rings is 2. The molecular weight excluding hydrogens is 328 g/mol. The van der Waals surface area contributed by atoms with E-state index in [-0.39, 0.29) is 12.5 Å². The molecule has 0 saturated heterocycles. The lowest BCUT2D eigenvalue weighted by Crippen LogP contribution is -2.23. The van der Waals surface area contributed by atoms with Crippen molar-refractivity contribution in [3.05, 3.63) is 58.6 Å². The molecule has 2 N–H and O–H groups in total. The smallest absolute Gasteiger partial charge is 0.305 e. The Bertz CT molecular complexity index is 878. The lowest BCUT2D eigenvalue weighted by atomic mass is 10.0. The Labute approximate surface area is 144 Å². The van der Waals surface area contributed by atoms with Gasteiger partial charge in [0.05, 0.1) is 11.9 Å². The van der Waals surface area contributed by atoms with Crippen LogP contribution in [0.15, 0.2) is 42.5 Å². The number of rotatable bonds is 6. The van der Waals surface area contributed by atoms with E-state index in [0.29, 0.717) is 11.6 Å². The monoisotopic (exact) mass is 344 g/mol. The molecule has 1 atom stereocenters. The number of halogens is 1. The number of hydrogen-bond donors (Lipinski definition) is 2. The average Bonchev–Trinajstić information content (AvgIpc) is 2.92. The molecule has 2 aromatic carbocycles. The Balaban J connectivity index is 1.79. The number of nitrogens with zero attached hydrogens (tertiary/aromatic N) is 3.